The molecule has 0 saturated carbocycles. The third kappa shape index (κ3) is 2.95. The number of benzene rings is 1. The lowest BCUT2D eigenvalue weighted by atomic mass is 10.1. The van der Waals surface area contributed by atoms with Gasteiger partial charge in [0, 0.05) is 5.56 Å². The molecule has 0 amide bonds. The first-order valence-electron chi connectivity index (χ1n) is 4.74. The Kier molecular flexibility index (Phi) is 3.68. The summed E-state index contributed by atoms with van der Waals surface area (Å²) in [4.78, 5) is 10.8. The van der Waals surface area contributed by atoms with Crippen LogP contribution in [0, 0.1) is 0 Å². The van der Waals surface area contributed by atoms with E-state index in [0.717, 1.165) is 0 Å². The van der Waals surface area contributed by atoms with Crippen LogP contribution in [0.15, 0.2) is 18.2 Å². The monoisotopic (exact) mass is 209 g/mol. The number of anilines is 1. The average molecular weight is 209 g/mol. The Morgan fingerprint density at radius 2 is 2.20 bits per heavy atom. The molecule has 0 aliphatic carbocycles. The number of carbonyl (C=O) groups is 1. The fourth-order valence-corrected chi connectivity index (χ4v) is 1.18. The Morgan fingerprint density at radius 1 is 1.53 bits per heavy atom. The summed E-state index contributed by atoms with van der Waals surface area (Å²) in [5.74, 6) is -1.01. The second kappa shape index (κ2) is 4.79. The summed E-state index contributed by atoms with van der Waals surface area (Å²) in [5, 5.41) is 8.85. The number of nitrogen functional groups attached to an aromatic ring is 1. The molecule has 15 heavy (non-hydrogen) atoms. The van der Waals surface area contributed by atoms with Gasteiger partial charge in [-0.2, -0.15) is 0 Å². The highest BCUT2D eigenvalue weighted by Crippen LogP contribution is 2.18. The molecule has 0 spiro atoms. The third-order valence-corrected chi connectivity index (χ3v) is 2.00. The molecule has 0 saturated heterocycles. The zero-order valence-electron chi connectivity index (χ0n) is 8.86. The molecule has 0 fully saturated rings. The van der Waals surface area contributed by atoms with Crippen molar-refractivity contribution in [1.82, 2.24) is 0 Å². The van der Waals surface area contributed by atoms with Crippen molar-refractivity contribution in [2.45, 2.75) is 26.6 Å². The van der Waals surface area contributed by atoms with Crippen molar-refractivity contribution in [3.05, 3.63) is 29.3 Å². The maximum absolute atomic E-state index is 10.8. The first-order valence-corrected chi connectivity index (χ1v) is 4.74. The molecular formula is C11H15NO3. The van der Waals surface area contributed by atoms with Crippen molar-refractivity contribution >= 4 is 11.7 Å². The molecule has 0 unspecified atom stereocenters. The Labute approximate surface area is 88.7 Å². The topological polar surface area (TPSA) is 72.5 Å². The summed E-state index contributed by atoms with van der Waals surface area (Å²) in [7, 11) is 0. The summed E-state index contributed by atoms with van der Waals surface area (Å²) < 4.78 is 5.37. The van der Waals surface area contributed by atoms with Gasteiger partial charge >= 0.3 is 5.97 Å². The first kappa shape index (κ1) is 11.5. The van der Waals surface area contributed by atoms with E-state index in [9.17, 15) is 4.79 Å². The predicted octanol–water partition coefficient (Wildman–Crippen LogP) is 1.89. The van der Waals surface area contributed by atoms with Gasteiger partial charge in [-0.1, -0.05) is 12.1 Å². The van der Waals surface area contributed by atoms with Gasteiger partial charge in [-0.25, -0.2) is 4.79 Å². The van der Waals surface area contributed by atoms with Crippen LogP contribution >= 0.6 is 0 Å². The predicted molar refractivity (Wildman–Crippen MR) is 57.7 cm³/mol. The summed E-state index contributed by atoms with van der Waals surface area (Å²) in [5.41, 5.74) is 6.83. The van der Waals surface area contributed by atoms with E-state index in [1.54, 1.807) is 12.1 Å². The number of carboxylic acid groups (broad SMARTS) is 1. The molecule has 1 aromatic carbocycles. The Balaban J connectivity index is 2.89. The Morgan fingerprint density at radius 3 is 2.73 bits per heavy atom. The van der Waals surface area contributed by atoms with Gasteiger partial charge in [0.1, 0.15) is 0 Å². The molecule has 4 heteroatoms. The highest BCUT2D eigenvalue weighted by Gasteiger charge is 2.10. The standard InChI is InChI=1S/C11H15NO3/c1-7(2)15-6-8-4-3-5-9(10(8)12)11(13)14/h3-5,7H,6,12H2,1-2H3,(H,13,14). The van der Waals surface area contributed by atoms with Crippen LogP contribution in [0.3, 0.4) is 0 Å². The normalized spacial score (nSPS) is 10.6. The average Bonchev–Trinajstić information content (AvgIpc) is 2.15. The molecule has 0 heterocycles. The van der Waals surface area contributed by atoms with Crippen molar-refractivity contribution in [3.63, 3.8) is 0 Å². The quantitative estimate of drug-likeness (QED) is 0.743. The molecule has 1 aromatic rings. The highest BCUT2D eigenvalue weighted by atomic mass is 16.5. The molecule has 82 valence electrons. The minimum Gasteiger partial charge on any atom is -0.478 e. The molecule has 0 aliphatic rings. The fraction of sp³-hybridized carbons (Fsp3) is 0.364. The van der Waals surface area contributed by atoms with Crippen molar-refractivity contribution in [2.75, 3.05) is 5.73 Å². The van der Waals surface area contributed by atoms with Gasteiger partial charge in [0.2, 0.25) is 0 Å². The van der Waals surface area contributed by atoms with E-state index in [2.05, 4.69) is 0 Å². The number of nitrogens with two attached hydrogens (primary N) is 1. The van der Waals surface area contributed by atoms with Crippen LogP contribution in [-0.4, -0.2) is 17.2 Å². The summed E-state index contributed by atoms with van der Waals surface area (Å²) in [6.07, 6.45) is 0.0953. The Bertz CT molecular complexity index is 361. The van der Waals surface area contributed by atoms with Crippen LogP contribution in [0.1, 0.15) is 29.8 Å². The van der Waals surface area contributed by atoms with E-state index in [1.165, 1.54) is 6.07 Å². The van der Waals surface area contributed by atoms with E-state index in [1.807, 2.05) is 13.8 Å². The van der Waals surface area contributed by atoms with E-state index >= 15 is 0 Å². The van der Waals surface area contributed by atoms with Crippen molar-refractivity contribution in [2.24, 2.45) is 0 Å². The fourth-order valence-electron chi connectivity index (χ4n) is 1.18. The van der Waals surface area contributed by atoms with E-state index in [-0.39, 0.29) is 17.4 Å². The lowest BCUT2D eigenvalue weighted by Crippen LogP contribution is -2.08. The van der Waals surface area contributed by atoms with Crippen molar-refractivity contribution < 1.29 is 14.6 Å². The summed E-state index contributed by atoms with van der Waals surface area (Å²) in [6, 6.07) is 4.92. The molecule has 0 aromatic heterocycles. The van der Waals surface area contributed by atoms with Gasteiger partial charge in [0.15, 0.2) is 0 Å². The molecule has 3 N–H and O–H groups in total. The zero-order chi connectivity index (χ0) is 11.4. The minimum atomic E-state index is -1.01. The Hall–Kier alpha value is -1.55. The molecule has 0 aliphatic heterocycles. The first-order chi connectivity index (χ1) is 7.02. The molecule has 0 radical (unpaired) electrons. The SMILES string of the molecule is CC(C)OCc1cccc(C(=O)O)c1N. The smallest absolute Gasteiger partial charge is 0.337 e. The number of carboxylic acids is 1. The van der Waals surface area contributed by atoms with Crippen LogP contribution in [0.4, 0.5) is 5.69 Å². The van der Waals surface area contributed by atoms with Crippen molar-refractivity contribution in [3.8, 4) is 0 Å². The molecule has 1 rings (SSSR count). The maximum atomic E-state index is 10.8. The van der Waals surface area contributed by atoms with E-state index in [0.29, 0.717) is 12.2 Å². The van der Waals surface area contributed by atoms with Crippen LogP contribution in [0.25, 0.3) is 0 Å². The lowest BCUT2D eigenvalue weighted by molar-refractivity contribution is 0.0657. The second-order valence-electron chi connectivity index (χ2n) is 3.54. The molecule has 4 nitrogen and oxygen atoms in total. The third-order valence-electron chi connectivity index (χ3n) is 2.00. The van der Waals surface area contributed by atoms with Gasteiger partial charge in [0.05, 0.1) is 24.0 Å². The number of para-hydroxylation sites is 1. The summed E-state index contributed by atoms with van der Waals surface area (Å²) >= 11 is 0. The van der Waals surface area contributed by atoms with Gasteiger partial charge < -0.3 is 15.6 Å². The minimum absolute atomic E-state index is 0.0953. The zero-order valence-corrected chi connectivity index (χ0v) is 8.86. The van der Waals surface area contributed by atoms with Crippen molar-refractivity contribution in [1.29, 1.82) is 0 Å². The van der Waals surface area contributed by atoms with Gasteiger partial charge in [0.25, 0.3) is 0 Å². The maximum Gasteiger partial charge on any atom is 0.337 e. The highest BCUT2D eigenvalue weighted by molar-refractivity contribution is 5.94. The van der Waals surface area contributed by atoms with Gasteiger partial charge in [-0.05, 0) is 19.9 Å². The molecule has 0 atom stereocenters. The number of aromatic carboxylic acids is 1. The number of hydrogen-bond acceptors (Lipinski definition) is 3. The van der Waals surface area contributed by atoms with Crippen LogP contribution < -0.4 is 5.73 Å². The molecule has 0 bridgehead atoms. The largest absolute Gasteiger partial charge is 0.478 e. The van der Waals surface area contributed by atoms with E-state index < -0.39 is 5.97 Å². The van der Waals surface area contributed by atoms with Crippen LogP contribution in [-0.2, 0) is 11.3 Å². The summed E-state index contributed by atoms with van der Waals surface area (Å²) in [6.45, 7) is 4.17. The van der Waals surface area contributed by atoms with E-state index in [4.69, 9.17) is 15.6 Å². The van der Waals surface area contributed by atoms with Gasteiger partial charge in [-0.15, -0.1) is 0 Å². The number of rotatable bonds is 4. The lowest BCUT2D eigenvalue weighted by Gasteiger charge is -2.11. The van der Waals surface area contributed by atoms with Crippen LogP contribution in [0.2, 0.25) is 0 Å². The number of hydrogen-bond donors (Lipinski definition) is 2. The molecular weight excluding hydrogens is 194 g/mol. The van der Waals surface area contributed by atoms with Gasteiger partial charge in [-0.3, -0.25) is 0 Å². The number of ether oxygens (including phenoxy) is 1. The second-order valence-corrected chi connectivity index (χ2v) is 3.54. The van der Waals surface area contributed by atoms with Crippen LogP contribution in [0.5, 0.6) is 0 Å².